The summed E-state index contributed by atoms with van der Waals surface area (Å²) in [4.78, 5) is 2.07. The summed E-state index contributed by atoms with van der Waals surface area (Å²) in [6.45, 7) is 2.83. The predicted octanol–water partition coefficient (Wildman–Crippen LogP) is 2.43. The maximum atomic E-state index is 14.4. The van der Waals surface area contributed by atoms with E-state index in [0.717, 1.165) is 13.0 Å². The highest BCUT2D eigenvalue weighted by Crippen LogP contribution is 2.35. The maximum Gasteiger partial charge on any atom is 0.161 e. The predicted molar refractivity (Wildman–Crippen MR) is 82.0 cm³/mol. The maximum absolute atomic E-state index is 14.4. The van der Waals surface area contributed by atoms with Crippen molar-refractivity contribution in [2.24, 2.45) is 11.7 Å². The molecular formula is C13H16BrFN2OS. The molecule has 1 saturated heterocycles. The highest BCUT2D eigenvalue weighted by atomic mass is 79.9. The van der Waals surface area contributed by atoms with Crippen LogP contribution in [0, 0.1) is 11.7 Å². The van der Waals surface area contributed by atoms with Crippen LogP contribution < -0.4 is 10.6 Å². The third kappa shape index (κ3) is 2.61. The van der Waals surface area contributed by atoms with Crippen LogP contribution in [0.15, 0.2) is 16.6 Å². The van der Waals surface area contributed by atoms with E-state index in [4.69, 9.17) is 18.0 Å². The Labute approximate surface area is 125 Å². The van der Waals surface area contributed by atoms with E-state index in [2.05, 4.69) is 22.9 Å². The van der Waals surface area contributed by atoms with Crippen molar-refractivity contribution >= 4 is 38.8 Å². The molecule has 2 unspecified atom stereocenters. The quantitative estimate of drug-likeness (QED) is 0.825. The minimum atomic E-state index is -0.377. The van der Waals surface area contributed by atoms with Crippen molar-refractivity contribution in [2.75, 3.05) is 18.1 Å². The van der Waals surface area contributed by atoms with E-state index < -0.39 is 0 Å². The molecule has 0 spiro atoms. The van der Waals surface area contributed by atoms with Crippen molar-refractivity contribution < 1.29 is 9.50 Å². The van der Waals surface area contributed by atoms with Crippen LogP contribution in [0.5, 0.6) is 0 Å². The number of nitrogens with two attached hydrogens (primary N) is 1. The molecule has 2 atom stereocenters. The number of anilines is 1. The Balaban J connectivity index is 2.41. The minimum Gasteiger partial charge on any atom is -0.394 e. The van der Waals surface area contributed by atoms with Gasteiger partial charge in [0.2, 0.25) is 0 Å². The van der Waals surface area contributed by atoms with E-state index in [-0.39, 0.29) is 27.9 Å². The van der Waals surface area contributed by atoms with Gasteiger partial charge < -0.3 is 15.7 Å². The average Bonchev–Trinajstić information content (AvgIpc) is 2.73. The first-order valence-electron chi connectivity index (χ1n) is 6.12. The second kappa shape index (κ2) is 5.73. The molecule has 1 aromatic carbocycles. The SMILES string of the molecule is CC1CCN(c2ccc(C(N)=S)c(Br)c2F)C1CO. The zero-order valence-corrected chi connectivity index (χ0v) is 13.0. The Hall–Kier alpha value is -0.720. The second-order valence-corrected chi connectivity index (χ2v) is 6.07. The molecule has 0 radical (unpaired) electrons. The summed E-state index contributed by atoms with van der Waals surface area (Å²) >= 11 is 8.08. The molecule has 1 aromatic rings. The van der Waals surface area contributed by atoms with Crippen LogP contribution in [-0.4, -0.2) is 29.3 Å². The number of aliphatic hydroxyl groups is 1. The molecule has 6 heteroatoms. The Morgan fingerprint density at radius 2 is 2.32 bits per heavy atom. The van der Waals surface area contributed by atoms with Gasteiger partial charge in [-0.1, -0.05) is 19.1 Å². The van der Waals surface area contributed by atoms with Gasteiger partial charge in [0.05, 0.1) is 22.8 Å². The lowest BCUT2D eigenvalue weighted by Crippen LogP contribution is -2.35. The molecule has 104 valence electrons. The van der Waals surface area contributed by atoms with Crippen molar-refractivity contribution in [3.63, 3.8) is 0 Å². The molecule has 2 rings (SSSR count). The number of halogens is 2. The van der Waals surface area contributed by atoms with E-state index >= 15 is 0 Å². The first kappa shape index (κ1) is 14.7. The standard InChI is InChI=1S/C13H16BrFN2OS/c1-7-4-5-17(10(7)6-18)9-3-2-8(13(16)19)11(14)12(9)15/h2-3,7,10,18H,4-6H2,1H3,(H2,16,19). The first-order valence-corrected chi connectivity index (χ1v) is 7.32. The number of hydrogen-bond acceptors (Lipinski definition) is 3. The molecule has 0 aliphatic carbocycles. The van der Waals surface area contributed by atoms with Gasteiger partial charge >= 0.3 is 0 Å². The summed E-state index contributed by atoms with van der Waals surface area (Å²) in [5.74, 6) is -0.0312. The lowest BCUT2D eigenvalue weighted by Gasteiger charge is -2.28. The largest absolute Gasteiger partial charge is 0.394 e. The third-order valence-electron chi connectivity index (χ3n) is 3.71. The van der Waals surface area contributed by atoms with Crippen LogP contribution in [0.25, 0.3) is 0 Å². The zero-order chi connectivity index (χ0) is 14.2. The summed E-state index contributed by atoms with van der Waals surface area (Å²) in [7, 11) is 0. The van der Waals surface area contributed by atoms with Crippen LogP contribution in [0.1, 0.15) is 18.9 Å². The van der Waals surface area contributed by atoms with Crippen LogP contribution >= 0.6 is 28.1 Å². The van der Waals surface area contributed by atoms with E-state index in [1.807, 2.05) is 4.90 Å². The van der Waals surface area contributed by atoms with Crippen molar-refractivity contribution in [2.45, 2.75) is 19.4 Å². The van der Waals surface area contributed by atoms with E-state index in [0.29, 0.717) is 17.2 Å². The van der Waals surface area contributed by atoms with Crippen LogP contribution in [0.2, 0.25) is 0 Å². The van der Waals surface area contributed by atoms with Crippen LogP contribution in [-0.2, 0) is 0 Å². The topological polar surface area (TPSA) is 49.5 Å². The fourth-order valence-corrected chi connectivity index (χ4v) is 3.39. The van der Waals surface area contributed by atoms with Gasteiger partial charge in [0, 0.05) is 12.1 Å². The van der Waals surface area contributed by atoms with Crippen LogP contribution in [0.4, 0.5) is 10.1 Å². The number of benzene rings is 1. The van der Waals surface area contributed by atoms with E-state index in [1.54, 1.807) is 12.1 Å². The summed E-state index contributed by atoms with van der Waals surface area (Å²) in [5.41, 5.74) is 6.52. The molecule has 0 amide bonds. The van der Waals surface area contributed by atoms with Crippen molar-refractivity contribution in [1.82, 2.24) is 0 Å². The van der Waals surface area contributed by atoms with Gasteiger partial charge in [-0.15, -0.1) is 0 Å². The van der Waals surface area contributed by atoms with Gasteiger partial charge in [0.1, 0.15) is 4.99 Å². The number of hydrogen-bond donors (Lipinski definition) is 2. The normalized spacial score (nSPS) is 22.8. The Kier molecular flexibility index (Phi) is 4.43. The molecule has 3 nitrogen and oxygen atoms in total. The Morgan fingerprint density at radius 1 is 1.63 bits per heavy atom. The Bertz CT molecular complexity index is 512. The molecule has 0 bridgehead atoms. The lowest BCUT2D eigenvalue weighted by atomic mass is 10.0. The van der Waals surface area contributed by atoms with Gasteiger partial charge in [-0.25, -0.2) is 4.39 Å². The number of rotatable bonds is 3. The smallest absolute Gasteiger partial charge is 0.161 e. The number of aliphatic hydroxyl groups excluding tert-OH is 1. The highest BCUT2D eigenvalue weighted by Gasteiger charge is 2.32. The molecular weight excluding hydrogens is 331 g/mol. The fraction of sp³-hybridized carbons (Fsp3) is 0.462. The molecule has 0 saturated carbocycles. The van der Waals surface area contributed by atoms with Crippen molar-refractivity contribution in [3.05, 3.63) is 28.0 Å². The van der Waals surface area contributed by atoms with E-state index in [9.17, 15) is 9.50 Å². The first-order chi connectivity index (χ1) is 8.97. The molecule has 1 aliphatic rings. The molecule has 1 heterocycles. The number of thiocarbonyl (C=S) groups is 1. The molecule has 0 aromatic heterocycles. The van der Waals surface area contributed by atoms with Crippen molar-refractivity contribution in [3.8, 4) is 0 Å². The third-order valence-corrected chi connectivity index (χ3v) is 4.70. The summed E-state index contributed by atoms with van der Waals surface area (Å²) in [5, 5.41) is 9.45. The van der Waals surface area contributed by atoms with Gasteiger partial charge in [-0.3, -0.25) is 0 Å². The lowest BCUT2D eigenvalue weighted by molar-refractivity contribution is 0.244. The summed E-state index contributed by atoms with van der Waals surface area (Å²) in [6, 6.07) is 3.34. The van der Waals surface area contributed by atoms with Crippen molar-refractivity contribution in [1.29, 1.82) is 0 Å². The molecule has 19 heavy (non-hydrogen) atoms. The van der Waals surface area contributed by atoms with E-state index in [1.165, 1.54) is 0 Å². The summed E-state index contributed by atoms with van der Waals surface area (Å²) in [6.07, 6.45) is 0.944. The monoisotopic (exact) mass is 346 g/mol. The molecule has 3 N–H and O–H groups in total. The van der Waals surface area contributed by atoms with Gasteiger partial charge in [-0.2, -0.15) is 0 Å². The summed E-state index contributed by atoms with van der Waals surface area (Å²) < 4.78 is 14.7. The highest BCUT2D eigenvalue weighted by molar-refractivity contribution is 9.10. The van der Waals surface area contributed by atoms with Gasteiger partial charge in [-0.05, 0) is 40.4 Å². The minimum absolute atomic E-state index is 0.0231. The average molecular weight is 347 g/mol. The molecule has 1 aliphatic heterocycles. The van der Waals surface area contributed by atoms with Gasteiger partial charge in [0.15, 0.2) is 5.82 Å². The molecule has 1 fully saturated rings. The number of nitrogens with zero attached hydrogens (tertiary/aromatic N) is 1. The zero-order valence-electron chi connectivity index (χ0n) is 10.6. The van der Waals surface area contributed by atoms with Crippen LogP contribution in [0.3, 0.4) is 0 Å². The van der Waals surface area contributed by atoms with Gasteiger partial charge in [0.25, 0.3) is 0 Å². The second-order valence-electron chi connectivity index (χ2n) is 4.83. The Morgan fingerprint density at radius 3 is 2.89 bits per heavy atom. The fourth-order valence-electron chi connectivity index (χ4n) is 2.54.